The second-order valence-electron chi connectivity index (χ2n) is 9.90. The number of amides is 5. The largest absolute Gasteiger partial charge is 0.487 e. The van der Waals surface area contributed by atoms with E-state index in [-0.39, 0.29) is 42.6 Å². The molecule has 1 heterocycles. The Morgan fingerprint density at radius 2 is 1.76 bits per heavy atom. The fraction of sp³-hybridized carbons (Fsp3) is 0.444. The normalized spacial score (nSPS) is 18.0. The van der Waals surface area contributed by atoms with Gasteiger partial charge in [-0.25, -0.2) is 14.0 Å². The molecule has 1 aliphatic rings. The van der Waals surface area contributed by atoms with E-state index in [4.69, 9.17) is 4.74 Å². The lowest BCUT2D eigenvalue weighted by Gasteiger charge is -2.38. The van der Waals surface area contributed by atoms with Crippen LogP contribution in [0.1, 0.15) is 38.1 Å². The number of nitrogens with one attached hydrogen (secondary N) is 3. The van der Waals surface area contributed by atoms with E-state index in [9.17, 15) is 23.9 Å². The average Bonchev–Trinajstić information content (AvgIpc) is 2.86. The van der Waals surface area contributed by atoms with Crippen LogP contribution in [-0.2, 0) is 0 Å². The number of ether oxygens (including phenoxy) is 1. The Kier molecular flexibility index (Phi) is 9.51. The van der Waals surface area contributed by atoms with Crippen molar-refractivity contribution in [1.82, 2.24) is 15.1 Å². The zero-order valence-electron chi connectivity index (χ0n) is 22.3. The fourth-order valence-corrected chi connectivity index (χ4v) is 4.05. The number of aliphatic hydroxyl groups is 1. The molecule has 4 N–H and O–H groups in total. The number of nitrogens with zero attached hydrogens (tertiary/aromatic N) is 2. The lowest BCUT2D eigenvalue weighted by atomic mass is 9.99. The van der Waals surface area contributed by atoms with E-state index in [1.165, 1.54) is 30.3 Å². The molecule has 2 aromatic carbocycles. The van der Waals surface area contributed by atoms with Crippen LogP contribution in [0.2, 0.25) is 0 Å². The molecule has 38 heavy (non-hydrogen) atoms. The first-order valence-electron chi connectivity index (χ1n) is 12.6. The number of benzene rings is 2. The SMILES string of the molecule is CC(C)NC(=O)N(C)C[C@@H]1Oc2ccc(NC(=O)Nc3ccc(F)cc3)cc2C(=O)N([C@@H](C)CO)C[C@H]1C. The van der Waals surface area contributed by atoms with Gasteiger partial charge in [0.1, 0.15) is 17.7 Å². The van der Waals surface area contributed by atoms with Crippen molar-refractivity contribution < 1.29 is 28.6 Å². The molecule has 5 amide bonds. The van der Waals surface area contributed by atoms with Crippen LogP contribution in [0.4, 0.5) is 25.4 Å². The van der Waals surface area contributed by atoms with E-state index < -0.39 is 24.0 Å². The quantitative estimate of drug-likeness (QED) is 0.435. The summed E-state index contributed by atoms with van der Waals surface area (Å²) < 4.78 is 19.4. The number of fused-ring (bicyclic) bond motifs is 1. The van der Waals surface area contributed by atoms with Crippen LogP contribution in [0.25, 0.3) is 0 Å². The summed E-state index contributed by atoms with van der Waals surface area (Å²) in [6.07, 6.45) is -0.446. The molecular formula is C27H36FN5O5. The van der Waals surface area contributed by atoms with Gasteiger partial charge in [-0.15, -0.1) is 0 Å². The van der Waals surface area contributed by atoms with E-state index >= 15 is 0 Å². The summed E-state index contributed by atoms with van der Waals surface area (Å²) in [5.74, 6) is -0.615. The van der Waals surface area contributed by atoms with Crippen LogP contribution in [0.5, 0.6) is 5.75 Å². The van der Waals surface area contributed by atoms with Crippen molar-refractivity contribution in [1.29, 1.82) is 0 Å². The molecule has 1 aliphatic heterocycles. The maximum Gasteiger partial charge on any atom is 0.323 e. The molecule has 11 heteroatoms. The number of rotatable bonds is 7. The summed E-state index contributed by atoms with van der Waals surface area (Å²) in [6, 6.07) is 8.76. The van der Waals surface area contributed by atoms with Gasteiger partial charge in [0.05, 0.1) is 24.8 Å². The average molecular weight is 530 g/mol. The first-order valence-corrected chi connectivity index (χ1v) is 12.6. The van der Waals surface area contributed by atoms with Crippen LogP contribution >= 0.6 is 0 Å². The molecule has 0 bridgehead atoms. The maximum absolute atomic E-state index is 13.6. The van der Waals surface area contributed by atoms with Gasteiger partial charge in [0.2, 0.25) is 0 Å². The molecule has 0 aromatic heterocycles. The van der Waals surface area contributed by atoms with Crippen molar-refractivity contribution >= 4 is 29.3 Å². The van der Waals surface area contributed by atoms with Crippen molar-refractivity contribution in [2.45, 2.75) is 45.9 Å². The summed E-state index contributed by atoms with van der Waals surface area (Å²) in [5, 5.41) is 18.0. The number of carbonyl (C=O) groups is 3. The number of likely N-dealkylation sites (N-methyl/N-ethyl adjacent to an activating group) is 1. The predicted molar refractivity (Wildman–Crippen MR) is 143 cm³/mol. The highest BCUT2D eigenvalue weighted by Crippen LogP contribution is 2.30. The molecule has 0 saturated carbocycles. The molecule has 0 spiro atoms. The van der Waals surface area contributed by atoms with E-state index in [1.807, 2.05) is 20.8 Å². The summed E-state index contributed by atoms with van der Waals surface area (Å²) in [7, 11) is 1.68. The lowest BCUT2D eigenvalue weighted by Crippen LogP contribution is -2.51. The minimum atomic E-state index is -0.569. The van der Waals surface area contributed by atoms with Crippen LogP contribution in [0.3, 0.4) is 0 Å². The third-order valence-electron chi connectivity index (χ3n) is 6.24. The number of aliphatic hydroxyl groups excluding tert-OH is 1. The Labute approximate surface area is 222 Å². The Hall–Kier alpha value is -3.86. The van der Waals surface area contributed by atoms with Crippen molar-refractivity contribution in [3.63, 3.8) is 0 Å². The first-order chi connectivity index (χ1) is 18.0. The monoisotopic (exact) mass is 529 g/mol. The molecule has 0 radical (unpaired) electrons. The molecule has 206 valence electrons. The number of carbonyl (C=O) groups excluding carboxylic acids is 3. The highest BCUT2D eigenvalue weighted by molar-refractivity contribution is 6.02. The van der Waals surface area contributed by atoms with Crippen LogP contribution < -0.4 is 20.7 Å². The van der Waals surface area contributed by atoms with E-state index in [2.05, 4.69) is 16.0 Å². The van der Waals surface area contributed by atoms with Gasteiger partial charge in [-0.2, -0.15) is 0 Å². The van der Waals surface area contributed by atoms with Crippen LogP contribution in [-0.4, -0.2) is 77.8 Å². The minimum absolute atomic E-state index is 0.0222. The molecule has 0 fully saturated rings. The van der Waals surface area contributed by atoms with Gasteiger partial charge in [0.25, 0.3) is 5.91 Å². The van der Waals surface area contributed by atoms with Gasteiger partial charge in [0, 0.05) is 36.9 Å². The maximum atomic E-state index is 13.6. The third kappa shape index (κ3) is 7.34. The summed E-state index contributed by atoms with van der Waals surface area (Å²) in [5.41, 5.74) is 0.964. The van der Waals surface area contributed by atoms with Crippen molar-refractivity contribution in [2.24, 2.45) is 5.92 Å². The number of urea groups is 2. The molecule has 3 rings (SSSR count). The van der Waals surface area contributed by atoms with Gasteiger partial charge < -0.3 is 35.6 Å². The van der Waals surface area contributed by atoms with Crippen molar-refractivity contribution in [3.8, 4) is 5.75 Å². The lowest BCUT2D eigenvalue weighted by molar-refractivity contribution is 0.0366. The van der Waals surface area contributed by atoms with Crippen molar-refractivity contribution in [3.05, 3.63) is 53.8 Å². The highest BCUT2D eigenvalue weighted by Gasteiger charge is 2.34. The predicted octanol–water partition coefficient (Wildman–Crippen LogP) is 3.74. The minimum Gasteiger partial charge on any atom is -0.487 e. The summed E-state index contributed by atoms with van der Waals surface area (Å²) >= 11 is 0. The molecule has 0 saturated heterocycles. The highest BCUT2D eigenvalue weighted by atomic mass is 19.1. The van der Waals surface area contributed by atoms with Crippen molar-refractivity contribution in [2.75, 3.05) is 37.4 Å². The van der Waals surface area contributed by atoms with E-state index in [1.54, 1.807) is 35.9 Å². The van der Waals surface area contributed by atoms with Crippen LogP contribution in [0, 0.1) is 11.7 Å². The van der Waals surface area contributed by atoms with Gasteiger partial charge in [-0.1, -0.05) is 6.92 Å². The standard InChI is InChI=1S/C27H36FN5O5/c1-16(2)29-27(37)32(5)14-24-17(3)13-33(18(4)15-34)25(35)22-12-21(10-11-23(22)38-24)31-26(36)30-20-8-6-19(28)7-9-20/h6-12,16-18,24,34H,13-15H2,1-5H3,(H,29,37)(H2,30,31,36)/t17-,18+,24+/m1/s1. The zero-order chi connectivity index (χ0) is 28.0. The second kappa shape index (κ2) is 12.6. The van der Waals surface area contributed by atoms with Crippen LogP contribution in [0.15, 0.2) is 42.5 Å². The van der Waals surface area contributed by atoms with Gasteiger partial charge in [-0.05, 0) is 63.2 Å². The topological polar surface area (TPSA) is 123 Å². The smallest absolute Gasteiger partial charge is 0.323 e. The fourth-order valence-electron chi connectivity index (χ4n) is 4.05. The Morgan fingerprint density at radius 3 is 2.39 bits per heavy atom. The van der Waals surface area contributed by atoms with E-state index in [0.29, 0.717) is 23.7 Å². The van der Waals surface area contributed by atoms with Gasteiger partial charge in [0.15, 0.2) is 0 Å². The first kappa shape index (κ1) is 28.7. The van der Waals surface area contributed by atoms with Gasteiger partial charge >= 0.3 is 12.1 Å². The second-order valence-corrected chi connectivity index (χ2v) is 9.90. The number of halogens is 1. The zero-order valence-corrected chi connectivity index (χ0v) is 22.3. The molecule has 0 aliphatic carbocycles. The Balaban J connectivity index is 1.86. The molecule has 2 aromatic rings. The Bertz CT molecular complexity index is 1140. The molecule has 3 atom stereocenters. The summed E-state index contributed by atoms with van der Waals surface area (Å²) in [6.45, 7) is 7.78. The molecular weight excluding hydrogens is 493 g/mol. The number of anilines is 2. The Morgan fingerprint density at radius 1 is 1.13 bits per heavy atom. The summed E-state index contributed by atoms with van der Waals surface area (Å²) in [4.78, 5) is 41.7. The van der Waals surface area contributed by atoms with Gasteiger partial charge in [-0.3, -0.25) is 4.79 Å². The molecule has 10 nitrogen and oxygen atoms in total. The molecule has 0 unspecified atom stereocenters. The third-order valence-corrected chi connectivity index (χ3v) is 6.24. The van der Waals surface area contributed by atoms with E-state index in [0.717, 1.165) is 0 Å². The number of hydrogen-bond acceptors (Lipinski definition) is 5. The number of hydrogen-bond donors (Lipinski definition) is 4.